The predicted octanol–water partition coefficient (Wildman–Crippen LogP) is 2.97. The number of rotatable bonds is 8. The molecule has 5 heterocycles. The fraction of sp³-hybridized carbons (Fsp3) is 0.370. The van der Waals surface area contributed by atoms with Crippen molar-refractivity contribution in [2.24, 2.45) is 0 Å². The molecule has 39 heavy (non-hydrogen) atoms. The van der Waals surface area contributed by atoms with Gasteiger partial charge in [-0.2, -0.15) is 4.98 Å². The van der Waals surface area contributed by atoms with Crippen LogP contribution in [-0.2, 0) is 11.3 Å². The van der Waals surface area contributed by atoms with Crippen LogP contribution in [0.15, 0.2) is 18.5 Å². The van der Waals surface area contributed by atoms with E-state index in [-0.39, 0.29) is 35.0 Å². The first-order chi connectivity index (χ1) is 18.8. The number of carbonyl (C=O) groups is 2. The fourth-order valence-corrected chi connectivity index (χ4v) is 5.37. The number of nitrogens with zero attached hydrogens (tertiary/aromatic N) is 5. The van der Waals surface area contributed by atoms with E-state index in [4.69, 9.17) is 22.1 Å². The highest BCUT2D eigenvalue weighted by atomic mass is 35.5. The summed E-state index contributed by atoms with van der Waals surface area (Å²) in [5.74, 6) is 0.450. The number of hydrogen-bond acceptors (Lipinski definition) is 8. The fourth-order valence-electron chi connectivity index (χ4n) is 5.09. The summed E-state index contributed by atoms with van der Waals surface area (Å²) in [4.78, 5) is 46.2. The van der Waals surface area contributed by atoms with Crippen LogP contribution in [0.2, 0.25) is 5.15 Å². The first kappa shape index (κ1) is 26.6. The monoisotopic (exact) mass is 550 g/mol. The van der Waals surface area contributed by atoms with Gasteiger partial charge in [-0.1, -0.05) is 11.6 Å². The summed E-state index contributed by atoms with van der Waals surface area (Å²) in [5.41, 5.74) is 9.95. The zero-order valence-corrected chi connectivity index (χ0v) is 22.9. The lowest BCUT2D eigenvalue weighted by Crippen LogP contribution is -2.33. The number of carbonyl (C=O) groups excluding carboxylic acids is 2. The average molecular weight is 551 g/mol. The standard InChI is InChI=1S/C27H31ClN8O3/c1-15-12-32-20(16(2)22(15)39-3)14-36-24-21(23(28)33-27(29)34-24)19(26(36)38)11-18-10-17(13-31-18)25(37)30-6-9-35-7-4-5-8-35/h10-13,31H,4-9,14H2,1-3H3,(H,30,37)(H2,29,33,34). The van der Waals surface area contributed by atoms with Gasteiger partial charge in [0.05, 0.1) is 36.0 Å². The number of anilines is 2. The van der Waals surface area contributed by atoms with Crippen molar-refractivity contribution in [2.45, 2.75) is 33.2 Å². The summed E-state index contributed by atoms with van der Waals surface area (Å²) in [6.45, 7) is 7.50. The van der Waals surface area contributed by atoms with Crippen molar-refractivity contribution in [3.63, 3.8) is 0 Å². The van der Waals surface area contributed by atoms with Crippen molar-refractivity contribution in [3.05, 3.63) is 57.3 Å². The molecule has 11 nitrogen and oxygen atoms in total. The number of hydrogen-bond donors (Lipinski definition) is 3. The maximum atomic E-state index is 13.7. The Labute approximate surface area is 231 Å². The maximum Gasteiger partial charge on any atom is 0.260 e. The van der Waals surface area contributed by atoms with Crippen LogP contribution in [0.1, 0.15) is 51.3 Å². The Bertz CT molecular complexity index is 1460. The van der Waals surface area contributed by atoms with Gasteiger partial charge < -0.3 is 25.7 Å². The van der Waals surface area contributed by atoms with Crippen LogP contribution in [0.5, 0.6) is 5.75 Å². The van der Waals surface area contributed by atoms with Gasteiger partial charge in [-0.25, -0.2) is 4.98 Å². The molecule has 0 aromatic carbocycles. The van der Waals surface area contributed by atoms with Gasteiger partial charge in [-0.15, -0.1) is 0 Å². The van der Waals surface area contributed by atoms with E-state index in [0.717, 1.165) is 30.8 Å². The van der Waals surface area contributed by atoms with Gasteiger partial charge in [0.2, 0.25) is 5.95 Å². The summed E-state index contributed by atoms with van der Waals surface area (Å²) >= 11 is 6.47. The minimum atomic E-state index is -0.334. The highest BCUT2D eigenvalue weighted by molar-refractivity contribution is 6.41. The van der Waals surface area contributed by atoms with Crippen LogP contribution in [-0.4, -0.2) is 69.9 Å². The van der Waals surface area contributed by atoms with Gasteiger partial charge in [-0.3, -0.25) is 19.5 Å². The summed E-state index contributed by atoms with van der Waals surface area (Å²) < 4.78 is 5.53. The third kappa shape index (κ3) is 5.32. The number of H-pyrrole nitrogens is 1. The van der Waals surface area contributed by atoms with Gasteiger partial charge >= 0.3 is 0 Å². The number of likely N-dealkylation sites (tertiary alicyclic amines) is 1. The minimum Gasteiger partial charge on any atom is -0.496 e. The number of ether oxygens (including phenoxy) is 1. The Morgan fingerprint density at radius 2 is 2.05 bits per heavy atom. The van der Waals surface area contributed by atoms with Crippen molar-refractivity contribution < 1.29 is 14.3 Å². The normalized spacial score (nSPS) is 16.3. The van der Waals surface area contributed by atoms with Crippen molar-refractivity contribution in [1.29, 1.82) is 0 Å². The molecule has 0 aliphatic carbocycles. The number of aromatic nitrogens is 4. The summed E-state index contributed by atoms with van der Waals surface area (Å²) in [7, 11) is 1.60. The molecule has 0 radical (unpaired) electrons. The molecule has 12 heteroatoms. The highest BCUT2D eigenvalue weighted by Gasteiger charge is 2.37. The van der Waals surface area contributed by atoms with E-state index in [1.54, 1.807) is 31.6 Å². The average Bonchev–Trinajstić information content (AvgIpc) is 3.64. The number of nitrogens with two attached hydrogens (primary N) is 1. The van der Waals surface area contributed by atoms with E-state index in [1.807, 2.05) is 13.8 Å². The third-order valence-corrected chi connectivity index (χ3v) is 7.37. The molecule has 0 saturated carbocycles. The van der Waals surface area contributed by atoms with E-state index >= 15 is 0 Å². The SMILES string of the molecule is COc1c(C)cnc(CN2C(=O)C(=Cc3cc(C(=O)NCCN4CCCC4)c[nH]3)c3c(Cl)nc(N)nc32)c1C. The molecular formula is C27H31ClN8O3. The maximum absolute atomic E-state index is 13.7. The van der Waals surface area contributed by atoms with Gasteiger partial charge in [-0.05, 0) is 51.9 Å². The number of aryl methyl sites for hydroxylation is 1. The van der Waals surface area contributed by atoms with Crippen LogP contribution < -0.4 is 20.7 Å². The molecule has 1 saturated heterocycles. The molecule has 3 aromatic heterocycles. The smallest absolute Gasteiger partial charge is 0.260 e. The van der Waals surface area contributed by atoms with E-state index in [0.29, 0.717) is 40.6 Å². The van der Waals surface area contributed by atoms with Crippen LogP contribution >= 0.6 is 11.6 Å². The summed E-state index contributed by atoms with van der Waals surface area (Å²) in [6.07, 6.45) is 7.38. The van der Waals surface area contributed by atoms with Crippen LogP contribution in [0, 0.1) is 13.8 Å². The van der Waals surface area contributed by atoms with Crippen LogP contribution in [0.3, 0.4) is 0 Å². The van der Waals surface area contributed by atoms with E-state index < -0.39 is 0 Å². The molecule has 0 unspecified atom stereocenters. The van der Waals surface area contributed by atoms with Crippen molar-refractivity contribution >= 4 is 46.8 Å². The molecule has 2 aliphatic rings. The predicted molar refractivity (Wildman–Crippen MR) is 150 cm³/mol. The molecule has 3 aromatic rings. The Balaban J connectivity index is 1.40. The van der Waals surface area contributed by atoms with Gasteiger partial charge in [0.25, 0.3) is 11.8 Å². The molecule has 5 rings (SSSR count). The minimum absolute atomic E-state index is 0.0447. The number of nitrogen functional groups attached to an aromatic ring is 1. The number of amides is 2. The lowest BCUT2D eigenvalue weighted by Gasteiger charge is -2.19. The first-order valence-corrected chi connectivity index (χ1v) is 13.2. The number of nitrogens with one attached hydrogen (secondary N) is 2. The van der Waals surface area contributed by atoms with Gasteiger partial charge in [0.1, 0.15) is 10.9 Å². The lowest BCUT2D eigenvalue weighted by atomic mass is 10.1. The lowest BCUT2D eigenvalue weighted by molar-refractivity contribution is -0.113. The van der Waals surface area contributed by atoms with Crippen LogP contribution in [0.4, 0.5) is 11.8 Å². The Kier molecular flexibility index (Phi) is 7.53. The Morgan fingerprint density at radius 3 is 2.79 bits per heavy atom. The molecule has 0 atom stereocenters. The zero-order valence-electron chi connectivity index (χ0n) is 22.2. The third-order valence-electron chi connectivity index (χ3n) is 7.10. The van der Waals surface area contributed by atoms with Crippen molar-refractivity contribution in [1.82, 2.24) is 30.2 Å². The summed E-state index contributed by atoms with van der Waals surface area (Å²) in [5, 5.41) is 3.02. The van der Waals surface area contributed by atoms with E-state index in [2.05, 4.69) is 30.2 Å². The molecule has 204 valence electrons. The second-order valence-corrected chi connectivity index (χ2v) is 10.1. The summed E-state index contributed by atoms with van der Waals surface area (Å²) in [6, 6.07) is 1.69. The highest BCUT2D eigenvalue weighted by Crippen LogP contribution is 2.41. The molecule has 2 amide bonds. The number of pyridine rings is 1. The molecular weight excluding hydrogens is 520 g/mol. The number of aromatic amines is 1. The molecule has 4 N–H and O–H groups in total. The van der Waals surface area contributed by atoms with Crippen LogP contribution in [0.25, 0.3) is 11.6 Å². The topological polar surface area (TPSA) is 142 Å². The van der Waals surface area contributed by atoms with Crippen molar-refractivity contribution in [2.75, 3.05) is 43.9 Å². The number of halogens is 1. The second-order valence-electron chi connectivity index (χ2n) is 9.72. The number of methoxy groups -OCH3 is 1. The van der Waals surface area contributed by atoms with Gasteiger partial charge in [0, 0.05) is 42.3 Å². The molecule has 0 spiro atoms. The quantitative estimate of drug-likeness (QED) is 0.287. The van der Waals surface area contributed by atoms with Crippen molar-refractivity contribution in [3.8, 4) is 5.75 Å². The zero-order chi connectivity index (χ0) is 27.7. The Hall–Kier alpha value is -3.96. The molecule has 2 aliphatic heterocycles. The largest absolute Gasteiger partial charge is 0.496 e. The molecule has 1 fully saturated rings. The second kappa shape index (κ2) is 11.0. The Morgan fingerprint density at radius 1 is 1.28 bits per heavy atom. The van der Waals surface area contributed by atoms with E-state index in [9.17, 15) is 9.59 Å². The van der Waals surface area contributed by atoms with E-state index in [1.165, 1.54) is 17.7 Å². The van der Waals surface area contributed by atoms with Gasteiger partial charge in [0.15, 0.2) is 5.82 Å². The first-order valence-electron chi connectivity index (χ1n) is 12.8. The molecule has 0 bridgehead atoms. The number of fused-ring (bicyclic) bond motifs is 1.